The van der Waals surface area contributed by atoms with E-state index in [4.69, 9.17) is 4.74 Å². The summed E-state index contributed by atoms with van der Waals surface area (Å²) >= 11 is 0. The normalized spacial score (nSPS) is 17.6. The zero-order valence-electron chi connectivity index (χ0n) is 19.6. The van der Waals surface area contributed by atoms with Crippen LogP contribution >= 0.6 is 0 Å². The predicted molar refractivity (Wildman–Crippen MR) is 122 cm³/mol. The average molecular weight is 497 g/mol. The number of esters is 1. The van der Waals surface area contributed by atoms with Gasteiger partial charge in [-0.25, -0.2) is 13.2 Å². The number of alkyl halides is 3. The molecule has 0 bridgehead atoms. The van der Waals surface area contributed by atoms with E-state index in [1.807, 2.05) is 32.9 Å². The van der Waals surface area contributed by atoms with Gasteiger partial charge in [-0.1, -0.05) is 31.5 Å². The topological polar surface area (TPSA) is 80.7 Å². The molecule has 3 rings (SSSR count). The van der Waals surface area contributed by atoms with Gasteiger partial charge in [0.05, 0.1) is 16.2 Å². The van der Waals surface area contributed by atoms with Crippen molar-refractivity contribution in [3.8, 4) is 0 Å². The van der Waals surface area contributed by atoms with Gasteiger partial charge in [0.1, 0.15) is 17.4 Å². The Morgan fingerprint density at radius 1 is 1.03 bits per heavy atom. The molecule has 1 heterocycles. The SMILES string of the molecule is Cc1cc(C)c(C2=C(O)CC(C(C)(C)CS(=O)(=O)c3ccc(C(F)(F)F)cc3)OC2=O)c(C)c1. The summed E-state index contributed by atoms with van der Waals surface area (Å²) in [7, 11) is -4.00. The molecule has 5 nitrogen and oxygen atoms in total. The fourth-order valence-corrected chi connectivity index (χ4v) is 6.28. The molecular weight excluding hydrogens is 469 g/mol. The second-order valence-electron chi connectivity index (χ2n) is 9.46. The third kappa shape index (κ3) is 5.14. The molecule has 0 spiro atoms. The third-order valence-corrected chi connectivity index (χ3v) is 8.14. The number of benzene rings is 2. The van der Waals surface area contributed by atoms with Crippen LogP contribution < -0.4 is 0 Å². The van der Waals surface area contributed by atoms with Crippen LogP contribution in [0.2, 0.25) is 0 Å². The summed E-state index contributed by atoms with van der Waals surface area (Å²) in [6.07, 6.45) is -5.60. The predicted octanol–water partition coefficient (Wildman–Crippen LogP) is 5.72. The fraction of sp³-hybridized carbons (Fsp3) is 0.400. The minimum Gasteiger partial charge on any atom is -0.511 e. The average Bonchev–Trinajstić information content (AvgIpc) is 2.67. The number of hydrogen-bond acceptors (Lipinski definition) is 5. The van der Waals surface area contributed by atoms with E-state index < -0.39 is 44.8 Å². The van der Waals surface area contributed by atoms with E-state index in [0.717, 1.165) is 28.8 Å². The molecule has 0 aliphatic carbocycles. The molecule has 0 aromatic heterocycles. The molecule has 9 heteroatoms. The Kier molecular flexibility index (Phi) is 6.65. The van der Waals surface area contributed by atoms with E-state index in [-0.39, 0.29) is 22.6 Å². The van der Waals surface area contributed by atoms with Crippen molar-refractivity contribution in [2.24, 2.45) is 5.41 Å². The lowest BCUT2D eigenvalue weighted by molar-refractivity contribution is -0.149. The van der Waals surface area contributed by atoms with Crippen molar-refractivity contribution in [2.75, 3.05) is 5.75 Å². The van der Waals surface area contributed by atoms with E-state index in [9.17, 15) is 31.5 Å². The summed E-state index contributed by atoms with van der Waals surface area (Å²) in [6.45, 7) is 8.73. The Labute approximate surface area is 197 Å². The maximum atomic E-state index is 12.9. The van der Waals surface area contributed by atoms with Gasteiger partial charge in [-0.2, -0.15) is 13.2 Å². The van der Waals surface area contributed by atoms with Gasteiger partial charge in [0, 0.05) is 11.8 Å². The highest BCUT2D eigenvalue weighted by molar-refractivity contribution is 7.91. The van der Waals surface area contributed by atoms with Crippen LogP contribution in [0.3, 0.4) is 0 Å². The first-order valence-electron chi connectivity index (χ1n) is 10.6. The number of carbonyl (C=O) groups excluding carboxylic acids is 1. The first kappa shape index (κ1) is 25.8. The van der Waals surface area contributed by atoms with Gasteiger partial charge in [-0.15, -0.1) is 0 Å². The number of cyclic esters (lactones) is 1. The largest absolute Gasteiger partial charge is 0.511 e. The van der Waals surface area contributed by atoms with E-state index in [0.29, 0.717) is 17.7 Å². The number of sulfone groups is 1. The minimum atomic E-state index is -4.58. The molecule has 1 N–H and O–H groups in total. The highest BCUT2D eigenvalue weighted by Crippen LogP contribution is 2.39. The number of hydrogen-bond donors (Lipinski definition) is 1. The molecule has 1 aliphatic heterocycles. The molecular formula is C25H27F3O5S. The number of aryl methyl sites for hydroxylation is 3. The van der Waals surface area contributed by atoms with E-state index in [1.54, 1.807) is 13.8 Å². The van der Waals surface area contributed by atoms with Crippen molar-refractivity contribution >= 4 is 21.4 Å². The Morgan fingerprint density at radius 2 is 1.56 bits per heavy atom. The zero-order valence-corrected chi connectivity index (χ0v) is 20.4. The smallest absolute Gasteiger partial charge is 0.416 e. The number of halogens is 3. The van der Waals surface area contributed by atoms with Crippen molar-refractivity contribution < 1.29 is 36.2 Å². The lowest BCUT2D eigenvalue weighted by Crippen LogP contribution is -2.42. The Hall–Kier alpha value is -2.81. The van der Waals surface area contributed by atoms with Crippen molar-refractivity contribution in [3.05, 3.63) is 70.0 Å². The molecule has 184 valence electrons. The van der Waals surface area contributed by atoms with Crippen molar-refractivity contribution in [3.63, 3.8) is 0 Å². The van der Waals surface area contributed by atoms with Crippen molar-refractivity contribution in [1.82, 2.24) is 0 Å². The van der Waals surface area contributed by atoms with E-state index in [1.165, 1.54) is 0 Å². The summed E-state index contributed by atoms with van der Waals surface area (Å²) in [4.78, 5) is 12.7. The fourth-order valence-electron chi connectivity index (χ4n) is 4.40. The molecule has 0 saturated heterocycles. The van der Waals surface area contributed by atoms with Crippen molar-refractivity contribution in [1.29, 1.82) is 0 Å². The quantitative estimate of drug-likeness (QED) is 0.536. The number of aliphatic hydroxyl groups excluding tert-OH is 1. The van der Waals surface area contributed by atoms with Crippen LogP contribution in [0.25, 0.3) is 5.57 Å². The summed E-state index contributed by atoms with van der Waals surface area (Å²) in [6, 6.07) is 7.05. The Balaban J connectivity index is 1.88. The van der Waals surface area contributed by atoms with Gasteiger partial charge in [-0.3, -0.25) is 0 Å². The highest BCUT2D eigenvalue weighted by atomic mass is 32.2. The molecule has 1 atom stereocenters. The first-order valence-corrected chi connectivity index (χ1v) is 12.3. The van der Waals surface area contributed by atoms with Gasteiger partial charge in [0.25, 0.3) is 0 Å². The van der Waals surface area contributed by atoms with Gasteiger partial charge >= 0.3 is 12.1 Å². The van der Waals surface area contributed by atoms with Crippen LogP contribution in [-0.2, 0) is 25.5 Å². The van der Waals surface area contributed by atoms with Crippen LogP contribution in [0.5, 0.6) is 0 Å². The van der Waals surface area contributed by atoms with E-state index in [2.05, 4.69) is 0 Å². The van der Waals surface area contributed by atoms with Gasteiger partial charge in [-0.05, 0) is 61.7 Å². The molecule has 0 fully saturated rings. The molecule has 1 aliphatic rings. The Morgan fingerprint density at radius 3 is 2.03 bits per heavy atom. The van der Waals surface area contributed by atoms with Crippen LogP contribution in [0.4, 0.5) is 13.2 Å². The molecule has 0 saturated carbocycles. The van der Waals surface area contributed by atoms with Gasteiger partial charge < -0.3 is 9.84 Å². The highest BCUT2D eigenvalue weighted by Gasteiger charge is 2.42. The monoisotopic (exact) mass is 496 g/mol. The van der Waals surface area contributed by atoms with Crippen molar-refractivity contribution in [2.45, 2.75) is 58.2 Å². The maximum absolute atomic E-state index is 12.9. The zero-order chi connectivity index (χ0) is 25.6. The second-order valence-corrected chi connectivity index (χ2v) is 11.5. The lowest BCUT2D eigenvalue weighted by Gasteiger charge is -2.36. The minimum absolute atomic E-state index is 0.0626. The number of ether oxygens (including phenoxy) is 1. The van der Waals surface area contributed by atoms with Crippen LogP contribution in [0.15, 0.2) is 47.1 Å². The molecule has 0 amide bonds. The molecule has 2 aromatic rings. The van der Waals surface area contributed by atoms with Crippen LogP contribution in [0.1, 0.15) is 48.1 Å². The number of aliphatic hydroxyl groups is 1. The summed E-state index contributed by atoms with van der Waals surface area (Å²) < 4.78 is 69.9. The Bertz CT molecular complexity index is 1230. The molecule has 0 radical (unpaired) electrons. The second kappa shape index (κ2) is 8.76. The standard InChI is InChI=1S/C25H27F3O5S/c1-14-10-15(2)21(16(3)11-14)22-19(29)12-20(33-23(22)30)24(4,5)13-34(31,32)18-8-6-17(7-9-18)25(26,27)28/h6-11,20,29H,12-13H2,1-5H3. The van der Waals surface area contributed by atoms with Crippen LogP contribution in [-0.4, -0.2) is 31.4 Å². The molecule has 2 aromatic carbocycles. The molecule has 1 unspecified atom stereocenters. The molecule has 34 heavy (non-hydrogen) atoms. The van der Waals surface area contributed by atoms with Crippen LogP contribution in [0, 0.1) is 26.2 Å². The number of rotatable bonds is 5. The summed E-state index contributed by atoms with van der Waals surface area (Å²) in [5.41, 5.74) is 1.19. The number of carbonyl (C=O) groups is 1. The summed E-state index contributed by atoms with van der Waals surface area (Å²) in [5.74, 6) is -1.42. The lowest BCUT2D eigenvalue weighted by atomic mass is 9.83. The van der Waals surface area contributed by atoms with Gasteiger partial charge in [0.2, 0.25) is 0 Å². The summed E-state index contributed by atoms with van der Waals surface area (Å²) in [5, 5.41) is 10.8. The maximum Gasteiger partial charge on any atom is 0.416 e. The van der Waals surface area contributed by atoms with Gasteiger partial charge in [0.15, 0.2) is 9.84 Å². The van der Waals surface area contributed by atoms with E-state index >= 15 is 0 Å². The third-order valence-electron chi connectivity index (χ3n) is 6.02. The first-order chi connectivity index (χ1) is 15.5.